The molecule has 0 amide bonds. The zero-order valence-corrected chi connectivity index (χ0v) is 14.3. The molecule has 3 rings (SSSR count). The van der Waals surface area contributed by atoms with Gasteiger partial charge in [0.1, 0.15) is 5.75 Å². The van der Waals surface area contributed by atoms with E-state index in [1.807, 2.05) is 12.1 Å². The van der Waals surface area contributed by atoms with Gasteiger partial charge in [0.25, 0.3) is 0 Å². The van der Waals surface area contributed by atoms with Gasteiger partial charge < -0.3 is 14.4 Å². The molecule has 0 radical (unpaired) electrons. The minimum atomic E-state index is 0.738. The highest BCUT2D eigenvalue weighted by molar-refractivity contribution is 7.17. The average Bonchev–Trinajstić information content (AvgIpc) is 2.92. The van der Waals surface area contributed by atoms with E-state index >= 15 is 0 Å². The maximum absolute atomic E-state index is 7.64. The molecule has 1 fully saturated rings. The molecular formula is C18H20N2O2S. The summed E-state index contributed by atoms with van der Waals surface area (Å²) in [6, 6.07) is 8.07. The molecule has 4 nitrogen and oxygen atoms in total. The zero-order valence-electron chi connectivity index (χ0n) is 13.5. The van der Waals surface area contributed by atoms with Crippen molar-refractivity contribution < 1.29 is 9.47 Å². The summed E-state index contributed by atoms with van der Waals surface area (Å²) in [5, 5.41) is 1.10. The fourth-order valence-electron chi connectivity index (χ4n) is 2.80. The number of thiophene rings is 1. The predicted octanol–water partition coefficient (Wildman–Crippen LogP) is 4.04. The first-order chi connectivity index (χ1) is 11.2. The van der Waals surface area contributed by atoms with Crippen molar-refractivity contribution in [3.05, 3.63) is 51.7 Å². The van der Waals surface area contributed by atoms with E-state index in [0.717, 1.165) is 54.7 Å². The number of rotatable bonds is 4. The molecule has 1 aromatic heterocycles. The maximum atomic E-state index is 7.64. The van der Waals surface area contributed by atoms with Crippen LogP contribution in [-0.4, -0.2) is 33.4 Å². The Bertz CT molecular complexity index is 710. The van der Waals surface area contributed by atoms with E-state index in [0.29, 0.717) is 0 Å². The maximum Gasteiger partial charge on any atom is 0.224 e. The summed E-state index contributed by atoms with van der Waals surface area (Å²) in [4.78, 5) is 7.36. The molecular weight excluding hydrogens is 308 g/mol. The molecule has 0 spiro atoms. The van der Waals surface area contributed by atoms with Crippen LogP contribution in [0.5, 0.6) is 5.75 Å². The van der Waals surface area contributed by atoms with Gasteiger partial charge in [-0.1, -0.05) is 12.1 Å². The summed E-state index contributed by atoms with van der Waals surface area (Å²) in [6.07, 6.45) is 0.786. The summed E-state index contributed by atoms with van der Waals surface area (Å²) in [6.45, 7) is 13.0. The third-order valence-electron chi connectivity index (χ3n) is 4.11. The molecule has 0 N–H and O–H groups in total. The van der Waals surface area contributed by atoms with E-state index in [1.54, 1.807) is 18.4 Å². The number of hydrogen-bond acceptors (Lipinski definition) is 4. The van der Waals surface area contributed by atoms with Gasteiger partial charge in [0.05, 0.1) is 31.9 Å². The molecule has 23 heavy (non-hydrogen) atoms. The smallest absolute Gasteiger partial charge is 0.224 e. The second-order valence-corrected chi connectivity index (χ2v) is 6.73. The first kappa shape index (κ1) is 15.9. The first-order valence-corrected chi connectivity index (χ1v) is 8.50. The number of aryl methyl sites for hydroxylation is 1. The number of anilines is 1. The van der Waals surface area contributed by atoms with Crippen LogP contribution in [0.15, 0.2) is 24.3 Å². The molecule has 0 bridgehead atoms. The van der Waals surface area contributed by atoms with Crippen LogP contribution in [0.25, 0.3) is 4.85 Å². The second kappa shape index (κ2) is 7.03. The number of benzene rings is 1. The van der Waals surface area contributed by atoms with Crippen LogP contribution in [0.2, 0.25) is 0 Å². The van der Waals surface area contributed by atoms with Crippen molar-refractivity contribution in [3.8, 4) is 5.75 Å². The molecule has 1 aliphatic heterocycles. The molecule has 1 aliphatic rings. The molecule has 0 atom stereocenters. The lowest BCUT2D eigenvalue weighted by Crippen LogP contribution is -2.35. The Hall–Kier alpha value is -2.03. The molecule has 120 valence electrons. The van der Waals surface area contributed by atoms with E-state index in [-0.39, 0.29) is 0 Å². The topological polar surface area (TPSA) is 26.1 Å². The van der Waals surface area contributed by atoms with E-state index in [9.17, 15) is 0 Å². The highest BCUT2D eigenvalue weighted by Crippen LogP contribution is 2.43. The van der Waals surface area contributed by atoms with Gasteiger partial charge in [0.15, 0.2) is 0 Å². The number of morpholine rings is 1. The molecule has 1 aromatic carbocycles. The van der Waals surface area contributed by atoms with Crippen LogP contribution >= 0.6 is 11.3 Å². The Balaban J connectivity index is 1.89. The lowest BCUT2D eigenvalue weighted by Gasteiger charge is -2.28. The minimum Gasteiger partial charge on any atom is -0.497 e. The minimum absolute atomic E-state index is 0.738. The van der Waals surface area contributed by atoms with Crippen LogP contribution in [-0.2, 0) is 11.2 Å². The van der Waals surface area contributed by atoms with Gasteiger partial charge in [0.2, 0.25) is 5.69 Å². The van der Waals surface area contributed by atoms with Gasteiger partial charge in [-0.25, -0.2) is 4.85 Å². The molecule has 0 unspecified atom stereocenters. The van der Waals surface area contributed by atoms with E-state index in [4.69, 9.17) is 16.0 Å². The van der Waals surface area contributed by atoms with Crippen molar-refractivity contribution in [1.82, 2.24) is 0 Å². The van der Waals surface area contributed by atoms with Gasteiger partial charge in [0, 0.05) is 13.1 Å². The molecule has 5 heteroatoms. The Labute approximate surface area is 141 Å². The third kappa shape index (κ3) is 3.34. The van der Waals surface area contributed by atoms with Crippen molar-refractivity contribution in [3.63, 3.8) is 0 Å². The molecule has 1 saturated heterocycles. The Morgan fingerprint density at radius 2 is 1.96 bits per heavy atom. The summed E-state index contributed by atoms with van der Waals surface area (Å²) in [5.41, 5.74) is 3.16. The fourth-order valence-corrected chi connectivity index (χ4v) is 3.96. The Morgan fingerprint density at radius 3 is 2.57 bits per heavy atom. The standard InChI is InChI=1S/C18H20N2O2S/c1-13-16(12-14-4-6-15(21-3)7-5-14)17(19-2)18(23-13)20-8-10-22-11-9-20/h4-7H,8-12H2,1,3H3. The number of hydrogen-bond donors (Lipinski definition) is 0. The summed E-state index contributed by atoms with van der Waals surface area (Å²) in [5.74, 6) is 0.857. The Kier molecular flexibility index (Phi) is 4.85. The van der Waals surface area contributed by atoms with Crippen molar-refractivity contribution >= 4 is 22.0 Å². The first-order valence-electron chi connectivity index (χ1n) is 7.68. The SMILES string of the molecule is [C-]#[N+]c1c(N2CCOCC2)sc(C)c1Cc1ccc(OC)cc1. The van der Waals surface area contributed by atoms with Crippen molar-refractivity contribution in [2.24, 2.45) is 0 Å². The van der Waals surface area contributed by atoms with Crippen molar-refractivity contribution in [2.45, 2.75) is 13.3 Å². The van der Waals surface area contributed by atoms with E-state index in [2.05, 4.69) is 28.8 Å². The summed E-state index contributed by atoms with van der Waals surface area (Å²) < 4.78 is 10.6. The second-order valence-electron chi connectivity index (χ2n) is 5.53. The zero-order chi connectivity index (χ0) is 16.2. The summed E-state index contributed by atoms with van der Waals surface area (Å²) >= 11 is 1.73. The molecule has 2 aromatic rings. The quantitative estimate of drug-likeness (QED) is 0.792. The lowest BCUT2D eigenvalue weighted by atomic mass is 10.0. The van der Waals surface area contributed by atoms with Gasteiger partial charge in [-0.05, 0) is 41.5 Å². The van der Waals surface area contributed by atoms with Crippen molar-refractivity contribution in [1.29, 1.82) is 0 Å². The molecule has 0 aliphatic carbocycles. The van der Waals surface area contributed by atoms with Crippen LogP contribution in [0, 0.1) is 13.5 Å². The van der Waals surface area contributed by atoms with E-state index < -0.39 is 0 Å². The van der Waals surface area contributed by atoms with Crippen LogP contribution in [0.4, 0.5) is 10.7 Å². The van der Waals surface area contributed by atoms with Crippen LogP contribution in [0.3, 0.4) is 0 Å². The molecule has 2 heterocycles. The Morgan fingerprint density at radius 1 is 1.26 bits per heavy atom. The summed E-state index contributed by atoms with van der Waals surface area (Å²) in [7, 11) is 1.67. The highest BCUT2D eigenvalue weighted by atomic mass is 32.1. The lowest BCUT2D eigenvalue weighted by molar-refractivity contribution is 0.123. The largest absolute Gasteiger partial charge is 0.497 e. The number of ether oxygens (including phenoxy) is 2. The number of methoxy groups -OCH3 is 1. The van der Waals surface area contributed by atoms with Gasteiger partial charge in [-0.3, -0.25) is 0 Å². The van der Waals surface area contributed by atoms with Gasteiger partial charge >= 0.3 is 0 Å². The van der Waals surface area contributed by atoms with Gasteiger partial charge in [-0.2, -0.15) is 0 Å². The third-order valence-corrected chi connectivity index (χ3v) is 5.31. The highest BCUT2D eigenvalue weighted by Gasteiger charge is 2.22. The monoisotopic (exact) mass is 328 g/mol. The van der Waals surface area contributed by atoms with Crippen LogP contribution < -0.4 is 9.64 Å². The fraction of sp³-hybridized carbons (Fsp3) is 0.389. The number of nitrogens with zero attached hydrogens (tertiary/aromatic N) is 2. The van der Waals surface area contributed by atoms with Crippen LogP contribution in [0.1, 0.15) is 16.0 Å². The van der Waals surface area contributed by atoms with Gasteiger partial charge in [-0.15, -0.1) is 11.3 Å². The normalized spacial score (nSPS) is 14.6. The predicted molar refractivity (Wildman–Crippen MR) is 94.2 cm³/mol. The molecule has 0 saturated carbocycles. The van der Waals surface area contributed by atoms with E-state index in [1.165, 1.54) is 10.4 Å². The average molecular weight is 328 g/mol. The van der Waals surface area contributed by atoms with Crippen molar-refractivity contribution in [2.75, 3.05) is 38.3 Å².